The predicted molar refractivity (Wildman–Crippen MR) is 41.0 cm³/mol. The van der Waals surface area contributed by atoms with Crippen molar-refractivity contribution >= 4 is 24.0 Å². The van der Waals surface area contributed by atoms with Crippen LogP contribution in [0.2, 0.25) is 0 Å². The molecule has 2 aliphatic rings. The molecular weight excluding hydrogens is 160 g/mol. The van der Waals surface area contributed by atoms with Crippen LogP contribution in [0.5, 0.6) is 0 Å². The Bertz CT molecular complexity index is 320. The Morgan fingerprint density at radius 2 is 2.33 bits per heavy atom. The van der Waals surface area contributed by atoms with Gasteiger partial charge in [-0.05, 0) is 0 Å². The minimum atomic E-state index is -0.568. The van der Waals surface area contributed by atoms with Gasteiger partial charge in [0.05, 0.1) is 0 Å². The number of urea groups is 1. The van der Waals surface area contributed by atoms with Gasteiger partial charge in [0.2, 0.25) is 0 Å². The van der Waals surface area contributed by atoms with Gasteiger partial charge in [0.1, 0.15) is 6.34 Å². The second kappa shape index (κ2) is 2.13. The molecule has 0 aromatic heterocycles. The molecule has 1 fully saturated rings. The number of imide groups is 1. The zero-order valence-electron chi connectivity index (χ0n) is 6.31. The summed E-state index contributed by atoms with van der Waals surface area (Å²) in [6, 6.07) is -0.442. The van der Waals surface area contributed by atoms with Crippen LogP contribution in [0.1, 0.15) is 0 Å². The van der Waals surface area contributed by atoms with Crippen molar-refractivity contribution in [3.8, 4) is 0 Å². The van der Waals surface area contributed by atoms with E-state index < -0.39 is 12.2 Å². The Morgan fingerprint density at radius 1 is 1.58 bits per heavy atom. The number of nitrogens with one attached hydrogen (secondary N) is 1. The van der Waals surface area contributed by atoms with E-state index in [1.54, 1.807) is 0 Å². The third kappa shape index (κ3) is 0.744. The van der Waals surface area contributed by atoms with Gasteiger partial charge in [0, 0.05) is 7.05 Å². The number of hydrogen-bond donors (Lipinski definition) is 1. The lowest BCUT2D eigenvalue weighted by molar-refractivity contribution is -0.121. The first kappa shape index (κ1) is 6.96. The molecule has 6 nitrogen and oxygen atoms in total. The first-order chi connectivity index (χ1) is 5.70. The largest absolute Gasteiger partial charge is 0.326 e. The quantitative estimate of drug-likeness (QED) is 0.500. The molecule has 0 aromatic rings. The molecular formula is C6H6N4O2. The fourth-order valence-corrected chi connectivity index (χ4v) is 1.06. The average molecular weight is 166 g/mol. The number of rotatable bonds is 0. The molecule has 1 N–H and O–H groups in total. The fraction of sp³-hybridized carbons (Fsp3) is 0.333. The van der Waals surface area contributed by atoms with Crippen LogP contribution in [0, 0.1) is 0 Å². The highest BCUT2D eigenvalue weighted by atomic mass is 16.2. The molecule has 0 spiro atoms. The highest BCUT2D eigenvalue weighted by Crippen LogP contribution is 2.07. The SMILES string of the molecule is CN1C(=O)NC2N=CN=C2C1=O. The second-order valence-electron chi connectivity index (χ2n) is 2.50. The molecule has 1 unspecified atom stereocenters. The fourth-order valence-electron chi connectivity index (χ4n) is 1.06. The van der Waals surface area contributed by atoms with E-state index in [1.165, 1.54) is 13.4 Å². The van der Waals surface area contributed by atoms with Gasteiger partial charge in [0.15, 0.2) is 11.9 Å². The highest BCUT2D eigenvalue weighted by Gasteiger charge is 2.36. The molecule has 0 aliphatic carbocycles. The maximum Gasteiger partial charge on any atom is 0.326 e. The Balaban J connectivity index is 2.35. The van der Waals surface area contributed by atoms with Crippen LogP contribution >= 0.6 is 0 Å². The van der Waals surface area contributed by atoms with Crippen molar-refractivity contribution in [3.05, 3.63) is 0 Å². The number of aliphatic imine (C=N–C) groups is 2. The number of carbonyl (C=O) groups excluding carboxylic acids is 2. The maximum absolute atomic E-state index is 11.3. The lowest BCUT2D eigenvalue weighted by Gasteiger charge is -2.25. The maximum atomic E-state index is 11.3. The summed E-state index contributed by atoms with van der Waals surface area (Å²) in [5.74, 6) is -0.388. The van der Waals surface area contributed by atoms with Crippen molar-refractivity contribution in [3.63, 3.8) is 0 Å². The van der Waals surface area contributed by atoms with Crippen molar-refractivity contribution in [2.75, 3.05) is 7.05 Å². The molecule has 0 saturated carbocycles. The summed E-state index contributed by atoms with van der Waals surface area (Å²) in [5.41, 5.74) is 0.275. The van der Waals surface area contributed by atoms with E-state index in [0.717, 1.165) is 4.90 Å². The van der Waals surface area contributed by atoms with E-state index in [-0.39, 0.29) is 11.6 Å². The molecule has 2 rings (SSSR count). The summed E-state index contributed by atoms with van der Waals surface area (Å²) < 4.78 is 0. The first-order valence-corrected chi connectivity index (χ1v) is 3.38. The van der Waals surface area contributed by atoms with Crippen LogP contribution in [-0.2, 0) is 4.79 Å². The summed E-state index contributed by atoms with van der Waals surface area (Å²) in [4.78, 5) is 30.8. The summed E-state index contributed by atoms with van der Waals surface area (Å²) in [5, 5.41) is 2.50. The number of amides is 3. The molecule has 0 aromatic carbocycles. The van der Waals surface area contributed by atoms with Crippen molar-refractivity contribution in [1.82, 2.24) is 10.2 Å². The van der Waals surface area contributed by atoms with Gasteiger partial charge in [-0.3, -0.25) is 9.69 Å². The smallest absolute Gasteiger partial charge is 0.310 e. The molecule has 1 saturated heterocycles. The monoisotopic (exact) mass is 166 g/mol. The Labute approximate surface area is 68.0 Å². The highest BCUT2D eigenvalue weighted by molar-refractivity contribution is 6.46. The molecule has 0 bridgehead atoms. The van der Waals surface area contributed by atoms with E-state index in [9.17, 15) is 9.59 Å². The molecule has 1 atom stereocenters. The summed E-state index contributed by atoms with van der Waals surface area (Å²) in [7, 11) is 1.40. The Hall–Kier alpha value is -1.72. The Kier molecular flexibility index (Phi) is 1.24. The minimum absolute atomic E-state index is 0.275. The number of fused-ring (bicyclic) bond motifs is 1. The van der Waals surface area contributed by atoms with E-state index in [4.69, 9.17) is 0 Å². The van der Waals surface area contributed by atoms with Crippen molar-refractivity contribution < 1.29 is 9.59 Å². The molecule has 62 valence electrons. The molecule has 12 heavy (non-hydrogen) atoms. The summed E-state index contributed by atoms with van der Waals surface area (Å²) >= 11 is 0. The van der Waals surface area contributed by atoms with Crippen LogP contribution in [-0.4, -0.2) is 42.1 Å². The van der Waals surface area contributed by atoms with Crippen LogP contribution in [0.3, 0.4) is 0 Å². The van der Waals surface area contributed by atoms with E-state index >= 15 is 0 Å². The predicted octanol–water partition coefficient (Wildman–Crippen LogP) is -1.02. The van der Waals surface area contributed by atoms with Gasteiger partial charge >= 0.3 is 6.03 Å². The van der Waals surface area contributed by atoms with Crippen LogP contribution in [0.4, 0.5) is 4.79 Å². The normalized spacial score (nSPS) is 26.9. The van der Waals surface area contributed by atoms with E-state index in [2.05, 4.69) is 15.3 Å². The van der Waals surface area contributed by atoms with Crippen molar-refractivity contribution in [2.45, 2.75) is 6.17 Å². The average Bonchev–Trinajstić information content (AvgIpc) is 2.48. The van der Waals surface area contributed by atoms with Gasteiger partial charge in [0.25, 0.3) is 5.91 Å². The lowest BCUT2D eigenvalue weighted by Crippen LogP contribution is -2.57. The molecule has 6 heteroatoms. The molecule has 3 amide bonds. The Morgan fingerprint density at radius 3 is 3.08 bits per heavy atom. The van der Waals surface area contributed by atoms with Gasteiger partial charge < -0.3 is 5.32 Å². The zero-order valence-corrected chi connectivity index (χ0v) is 6.31. The first-order valence-electron chi connectivity index (χ1n) is 3.38. The molecule has 0 radical (unpaired) electrons. The third-order valence-corrected chi connectivity index (χ3v) is 1.76. The second-order valence-corrected chi connectivity index (χ2v) is 2.50. The topological polar surface area (TPSA) is 74.1 Å². The van der Waals surface area contributed by atoms with Crippen LogP contribution in [0.25, 0.3) is 0 Å². The molecule has 2 heterocycles. The molecule has 2 aliphatic heterocycles. The van der Waals surface area contributed by atoms with Crippen LogP contribution in [0.15, 0.2) is 9.98 Å². The number of carbonyl (C=O) groups is 2. The van der Waals surface area contributed by atoms with Crippen LogP contribution < -0.4 is 5.32 Å². The van der Waals surface area contributed by atoms with Gasteiger partial charge in [-0.1, -0.05) is 0 Å². The number of nitrogens with zero attached hydrogens (tertiary/aromatic N) is 3. The number of hydrogen-bond acceptors (Lipinski definition) is 4. The van der Waals surface area contributed by atoms with Gasteiger partial charge in [-0.15, -0.1) is 0 Å². The van der Waals surface area contributed by atoms with Crippen molar-refractivity contribution in [1.29, 1.82) is 0 Å². The summed E-state index contributed by atoms with van der Waals surface area (Å²) in [6.45, 7) is 0. The van der Waals surface area contributed by atoms with Gasteiger partial charge in [-0.2, -0.15) is 0 Å². The minimum Gasteiger partial charge on any atom is -0.310 e. The standard InChI is InChI=1S/C6H6N4O2/c1-10-5(11)3-4(8-2-7-3)9-6(10)12/h2,4H,1H3,(H,9,12). The van der Waals surface area contributed by atoms with E-state index in [1.807, 2.05) is 0 Å². The van der Waals surface area contributed by atoms with E-state index in [0.29, 0.717) is 0 Å². The summed E-state index contributed by atoms with van der Waals surface area (Å²) in [6.07, 6.45) is 0.707. The third-order valence-electron chi connectivity index (χ3n) is 1.76. The zero-order chi connectivity index (χ0) is 8.72. The van der Waals surface area contributed by atoms with Gasteiger partial charge in [-0.25, -0.2) is 14.8 Å². The lowest BCUT2D eigenvalue weighted by atomic mass is 10.2. The van der Waals surface area contributed by atoms with Crippen molar-refractivity contribution in [2.24, 2.45) is 9.98 Å².